The van der Waals surface area contributed by atoms with E-state index in [1.807, 2.05) is 60.4 Å². The molecular weight excluding hydrogens is 456 g/mol. The third-order valence-electron chi connectivity index (χ3n) is 5.02. The van der Waals surface area contributed by atoms with Crippen LogP contribution in [0.25, 0.3) is 22.1 Å². The number of rotatable bonds is 9. The first-order valence-electron chi connectivity index (χ1n) is 10.4. The average molecular weight is 479 g/mol. The van der Waals surface area contributed by atoms with Crippen LogP contribution in [0.2, 0.25) is 0 Å². The minimum absolute atomic E-state index is 0.751. The zero-order valence-electron chi connectivity index (χ0n) is 17.6. The van der Waals surface area contributed by atoms with E-state index in [2.05, 4.69) is 39.0 Å². The van der Waals surface area contributed by atoms with Gasteiger partial charge in [-0.25, -0.2) is 9.97 Å². The van der Waals surface area contributed by atoms with Crippen molar-refractivity contribution in [2.45, 2.75) is 34.4 Å². The summed E-state index contributed by atoms with van der Waals surface area (Å²) in [4.78, 5) is 18.5. The zero-order valence-corrected chi connectivity index (χ0v) is 20.0. The van der Waals surface area contributed by atoms with E-state index in [0.717, 1.165) is 61.9 Å². The van der Waals surface area contributed by atoms with Gasteiger partial charge in [0.15, 0.2) is 10.7 Å². The first kappa shape index (κ1) is 21.4. The lowest BCUT2D eigenvalue weighted by atomic mass is 10.2. The second kappa shape index (κ2) is 10.0. The molecule has 0 aliphatic rings. The summed E-state index contributed by atoms with van der Waals surface area (Å²) in [6.07, 6.45) is 3.00. The molecule has 5 aromatic rings. The number of oxazole rings is 1. The Hall–Kier alpha value is -2.42. The van der Waals surface area contributed by atoms with Crippen LogP contribution in [0.15, 0.2) is 80.5 Å². The number of nitrogens with zero attached hydrogens (tertiary/aromatic N) is 3. The summed E-state index contributed by atoms with van der Waals surface area (Å²) in [6.45, 7) is 2.16. The van der Waals surface area contributed by atoms with E-state index in [-0.39, 0.29) is 0 Å². The summed E-state index contributed by atoms with van der Waals surface area (Å²) < 4.78 is 5.78. The predicted molar refractivity (Wildman–Crippen MR) is 135 cm³/mol. The van der Waals surface area contributed by atoms with Crippen molar-refractivity contribution in [2.75, 3.05) is 11.5 Å². The molecule has 5 rings (SSSR count). The number of benzene rings is 2. The molecule has 0 bridgehead atoms. The monoisotopic (exact) mass is 478 g/mol. The Morgan fingerprint density at radius 3 is 2.56 bits per heavy atom. The lowest BCUT2D eigenvalue weighted by molar-refractivity contribution is 0.489. The maximum absolute atomic E-state index is 5.78. The molecule has 3 aromatic heterocycles. The molecule has 0 atom stereocenters. The molecule has 0 saturated heterocycles. The summed E-state index contributed by atoms with van der Waals surface area (Å²) in [6, 6.07) is 18.1. The van der Waals surface area contributed by atoms with E-state index in [4.69, 9.17) is 4.42 Å². The number of hydrogen-bond donors (Lipinski definition) is 1. The van der Waals surface area contributed by atoms with Gasteiger partial charge in [0.1, 0.15) is 5.52 Å². The fourth-order valence-electron chi connectivity index (χ4n) is 3.31. The Kier molecular flexibility index (Phi) is 6.71. The lowest BCUT2D eigenvalue weighted by Crippen LogP contribution is -1.95. The molecule has 0 saturated carbocycles. The molecule has 1 N–H and O–H groups in total. The van der Waals surface area contributed by atoms with Crippen LogP contribution in [0.1, 0.15) is 17.7 Å². The van der Waals surface area contributed by atoms with E-state index < -0.39 is 0 Å². The van der Waals surface area contributed by atoms with E-state index >= 15 is 0 Å². The summed E-state index contributed by atoms with van der Waals surface area (Å²) in [5, 5.41) is 1.68. The maximum Gasteiger partial charge on any atom is 0.256 e. The molecule has 0 fully saturated rings. The van der Waals surface area contributed by atoms with Gasteiger partial charge in [-0.2, -0.15) is 0 Å². The highest BCUT2D eigenvalue weighted by molar-refractivity contribution is 8.00. The van der Waals surface area contributed by atoms with Gasteiger partial charge in [-0.05, 0) is 55.0 Å². The zero-order chi connectivity index (χ0) is 21.8. The molecule has 0 aliphatic carbocycles. The molecule has 5 nitrogen and oxygen atoms in total. The van der Waals surface area contributed by atoms with Gasteiger partial charge in [-0.3, -0.25) is 4.98 Å². The van der Waals surface area contributed by atoms with Crippen LogP contribution < -0.4 is 0 Å². The number of imidazole rings is 1. The van der Waals surface area contributed by atoms with Gasteiger partial charge in [0.25, 0.3) is 5.22 Å². The topological polar surface area (TPSA) is 67.6 Å². The number of nitrogens with one attached hydrogen (secondary N) is 1. The molecule has 0 aliphatic heterocycles. The van der Waals surface area contributed by atoms with Crippen LogP contribution in [0, 0.1) is 6.92 Å². The number of pyridine rings is 1. The van der Waals surface area contributed by atoms with Crippen LogP contribution in [-0.2, 0) is 5.75 Å². The van der Waals surface area contributed by atoms with Crippen molar-refractivity contribution in [1.82, 2.24) is 19.9 Å². The van der Waals surface area contributed by atoms with Gasteiger partial charge < -0.3 is 9.40 Å². The first-order valence-corrected chi connectivity index (χ1v) is 13.3. The van der Waals surface area contributed by atoms with E-state index in [1.54, 1.807) is 23.5 Å². The minimum Gasteiger partial charge on any atom is -0.431 e. The van der Waals surface area contributed by atoms with Gasteiger partial charge >= 0.3 is 0 Å². The molecule has 2 aromatic carbocycles. The highest BCUT2D eigenvalue weighted by Crippen LogP contribution is 2.30. The largest absolute Gasteiger partial charge is 0.431 e. The standard InChI is InChI=1S/C24H22N4OS3/c1-16-20(15-32-23-26-17-7-2-3-8-18(17)27-23)25-12-11-22(16)30-13-6-14-31-24-28-19-9-4-5-10-21(19)29-24/h2-5,7-12H,6,13-15H2,1H3,(H,26,27). The Bertz CT molecular complexity index is 1280. The molecule has 0 radical (unpaired) electrons. The van der Waals surface area contributed by atoms with E-state index in [9.17, 15) is 0 Å². The predicted octanol–water partition coefficient (Wildman–Crippen LogP) is 6.97. The fourth-order valence-corrected chi connectivity index (χ4v) is 6.18. The van der Waals surface area contributed by atoms with Crippen molar-refractivity contribution in [1.29, 1.82) is 0 Å². The van der Waals surface area contributed by atoms with Crippen molar-refractivity contribution in [3.05, 3.63) is 72.1 Å². The van der Waals surface area contributed by atoms with Crippen LogP contribution in [0.3, 0.4) is 0 Å². The number of thioether (sulfide) groups is 3. The van der Waals surface area contributed by atoms with Crippen molar-refractivity contribution in [2.24, 2.45) is 0 Å². The highest BCUT2D eigenvalue weighted by Gasteiger charge is 2.10. The first-order chi connectivity index (χ1) is 15.8. The van der Waals surface area contributed by atoms with Crippen LogP contribution in [0.5, 0.6) is 0 Å². The number of hydrogen-bond acceptors (Lipinski definition) is 7. The number of aromatic nitrogens is 4. The van der Waals surface area contributed by atoms with Crippen LogP contribution in [0.4, 0.5) is 0 Å². The highest BCUT2D eigenvalue weighted by atomic mass is 32.2. The molecule has 162 valence electrons. The summed E-state index contributed by atoms with van der Waals surface area (Å²) in [7, 11) is 0. The number of para-hydroxylation sites is 4. The van der Waals surface area contributed by atoms with Crippen molar-refractivity contribution >= 4 is 57.4 Å². The van der Waals surface area contributed by atoms with Crippen molar-refractivity contribution in [3.8, 4) is 0 Å². The number of H-pyrrole nitrogens is 1. The van der Waals surface area contributed by atoms with Gasteiger partial charge in [-0.15, -0.1) is 11.8 Å². The summed E-state index contributed by atoms with van der Waals surface area (Å²) >= 11 is 5.26. The van der Waals surface area contributed by atoms with Gasteiger partial charge in [0.05, 0.1) is 16.7 Å². The quantitative estimate of drug-likeness (QED) is 0.181. The van der Waals surface area contributed by atoms with Crippen LogP contribution >= 0.6 is 35.3 Å². The fraction of sp³-hybridized carbons (Fsp3) is 0.208. The molecule has 0 unspecified atom stereocenters. The summed E-state index contributed by atoms with van der Waals surface area (Å²) in [5.74, 6) is 2.83. The minimum atomic E-state index is 0.751. The van der Waals surface area contributed by atoms with Crippen molar-refractivity contribution < 1.29 is 4.42 Å². The molecule has 0 amide bonds. The van der Waals surface area contributed by atoms with Crippen LogP contribution in [-0.4, -0.2) is 31.4 Å². The molecule has 32 heavy (non-hydrogen) atoms. The average Bonchev–Trinajstić information content (AvgIpc) is 3.42. The normalized spacial score (nSPS) is 11.5. The molecular formula is C24H22N4OS3. The lowest BCUT2D eigenvalue weighted by Gasteiger charge is -2.09. The number of fused-ring (bicyclic) bond motifs is 2. The second-order valence-electron chi connectivity index (χ2n) is 7.23. The van der Waals surface area contributed by atoms with E-state index in [0.29, 0.717) is 0 Å². The van der Waals surface area contributed by atoms with E-state index in [1.165, 1.54) is 10.5 Å². The Morgan fingerprint density at radius 2 is 1.69 bits per heavy atom. The third kappa shape index (κ3) is 4.98. The Labute approximate surface area is 199 Å². The Balaban J connectivity index is 1.12. The molecule has 8 heteroatoms. The van der Waals surface area contributed by atoms with Crippen molar-refractivity contribution in [3.63, 3.8) is 0 Å². The number of aromatic amines is 1. The molecule has 3 heterocycles. The molecule has 0 spiro atoms. The van der Waals surface area contributed by atoms with Gasteiger partial charge in [0.2, 0.25) is 0 Å². The Morgan fingerprint density at radius 1 is 0.875 bits per heavy atom. The third-order valence-corrected chi connectivity index (χ3v) is 8.06. The van der Waals surface area contributed by atoms with Gasteiger partial charge in [0, 0.05) is 22.6 Å². The van der Waals surface area contributed by atoms with Gasteiger partial charge in [-0.1, -0.05) is 47.8 Å². The maximum atomic E-state index is 5.78. The summed E-state index contributed by atoms with van der Waals surface area (Å²) in [5.41, 5.74) is 6.21. The second-order valence-corrected chi connectivity index (χ2v) is 10.4. The SMILES string of the molecule is Cc1c(SCCCSc2nc3ccccc3o2)ccnc1CSc1nc2ccccc2[nH]1. The smallest absolute Gasteiger partial charge is 0.256 e.